The first-order chi connectivity index (χ1) is 8.79. The Kier molecular flexibility index (Phi) is 6.08. The average Bonchev–Trinajstić information content (AvgIpc) is 2.40. The molecule has 106 valence electrons. The van der Waals surface area contributed by atoms with Gasteiger partial charge in [0, 0.05) is 60.5 Å². The molecule has 0 aromatic carbocycles. The van der Waals surface area contributed by atoms with E-state index < -0.39 is 10.8 Å². The van der Waals surface area contributed by atoms with Crippen molar-refractivity contribution in [2.24, 2.45) is 5.92 Å². The number of hydrogen-bond acceptors (Lipinski definition) is 4. The van der Waals surface area contributed by atoms with Gasteiger partial charge in [0.05, 0.1) is 6.61 Å². The Bertz CT molecular complexity index is 266. The smallest absolute Gasteiger partial charge is 0.0521 e. The fourth-order valence-corrected chi connectivity index (χ4v) is 3.89. The van der Waals surface area contributed by atoms with E-state index in [0.717, 1.165) is 57.3 Å². The topological polar surface area (TPSA) is 41.6 Å². The first kappa shape index (κ1) is 14.4. The summed E-state index contributed by atoms with van der Waals surface area (Å²) in [6.45, 7) is 8.15. The van der Waals surface area contributed by atoms with Crippen LogP contribution in [0, 0.1) is 5.92 Å². The molecule has 0 aliphatic carbocycles. The molecule has 0 radical (unpaired) electrons. The molecule has 0 amide bonds. The monoisotopic (exact) mass is 274 g/mol. The van der Waals surface area contributed by atoms with Crippen LogP contribution >= 0.6 is 0 Å². The molecule has 0 aromatic rings. The van der Waals surface area contributed by atoms with Gasteiger partial charge < -0.3 is 15.0 Å². The maximum absolute atomic E-state index is 11.4. The van der Waals surface area contributed by atoms with E-state index in [4.69, 9.17) is 4.74 Å². The lowest BCUT2D eigenvalue weighted by Gasteiger charge is -2.37. The molecule has 2 aliphatic heterocycles. The molecule has 0 aromatic heterocycles. The van der Waals surface area contributed by atoms with E-state index >= 15 is 0 Å². The predicted molar refractivity (Wildman–Crippen MR) is 75.3 cm³/mol. The molecular formula is C13H26N2O2S. The second-order valence-corrected chi connectivity index (χ2v) is 7.03. The van der Waals surface area contributed by atoms with Gasteiger partial charge in [0.15, 0.2) is 0 Å². The second kappa shape index (κ2) is 7.58. The predicted octanol–water partition coefficient (Wildman–Crippen LogP) is 0.455. The Labute approximate surface area is 113 Å². The largest absolute Gasteiger partial charge is 0.381 e. The van der Waals surface area contributed by atoms with Crippen LogP contribution in [-0.4, -0.2) is 66.0 Å². The van der Waals surface area contributed by atoms with E-state index in [2.05, 4.69) is 17.1 Å². The maximum atomic E-state index is 11.4. The average molecular weight is 274 g/mol. The fourth-order valence-electron chi connectivity index (χ4n) is 2.77. The van der Waals surface area contributed by atoms with Gasteiger partial charge in [-0.1, -0.05) is 6.92 Å². The second-order valence-electron chi connectivity index (χ2n) is 5.33. The van der Waals surface area contributed by atoms with Crippen LogP contribution in [0.15, 0.2) is 0 Å². The van der Waals surface area contributed by atoms with Crippen LogP contribution in [0.2, 0.25) is 0 Å². The number of nitrogens with one attached hydrogen (secondary N) is 1. The molecule has 5 heteroatoms. The Hall–Kier alpha value is 0.0300. The summed E-state index contributed by atoms with van der Waals surface area (Å²) in [6, 6.07) is 0.603. The van der Waals surface area contributed by atoms with Crippen LogP contribution in [0.5, 0.6) is 0 Å². The van der Waals surface area contributed by atoms with Gasteiger partial charge in [0.1, 0.15) is 0 Å². The van der Waals surface area contributed by atoms with E-state index in [-0.39, 0.29) is 0 Å². The van der Waals surface area contributed by atoms with E-state index in [0.29, 0.717) is 12.0 Å². The van der Waals surface area contributed by atoms with Gasteiger partial charge in [0.25, 0.3) is 0 Å². The van der Waals surface area contributed by atoms with Crippen molar-refractivity contribution in [1.29, 1.82) is 0 Å². The van der Waals surface area contributed by atoms with E-state index in [1.165, 1.54) is 6.42 Å². The van der Waals surface area contributed by atoms with Crippen molar-refractivity contribution in [3.63, 3.8) is 0 Å². The standard InChI is InChI=1S/C13H26N2O2S/c1-2-4-14-13-3-7-17-11-12(13)10-15-5-8-18(16)9-6-15/h12-14H,2-11H2,1H3. The van der Waals surface area contributed by atoms with Crippen molar-refractivity contribution in [3.8, 4) is 0 Å². The van der Waals surface area contributed by atoms with Crippen molar-refractivity contribution in [2.45, 2.75) is 25.8 Å². The summed E-state index contributed by atoms with van der Waals surface area (Å²) in [5, 5.41) is 3.65. The Morgan fingerprint density at radius 3 is 2.89 bits per heavy atom. The van der Waals surface area contributed by atoms with Gasteiger partial charge in [-0.15, -0.1) is 0 Å². The summed E-state index contributed by atoms with van der Waals surface area (Å²) >= 11 is 0. The van der Waals surface area contributed by atoms with E-state index in [1.807, 2.05) is 0 Å². The summed E-state index contributed by atoms with van der Waals surface area (Å²) in [5.41, 5.74) is 0. The molecular weight excluding hydrogens is 248 g/mol. The van der Waals surface area contributed by atoms with Gasteiger partial charge in [-0.3, -0.25) is 4.21 Å². The highest BCUT2D eigenvalue weighted by Gasteiger charge is 2.28. The maximum Gasteiger partial charge on any atom is 0.0521 e. The van der Waals surface area contributed by atoms with Crippen LogP contribution in [0.1, 0.15) is 19.8 Å². The third-order valence-corrected chi connectivity index (χ3v) is 5.17. The molecule has 2 fully saturated rings. The highest BCUT2D eigenvalue weighted by atomic mass is 32.2. The summed E-state index contributed by atoms with van der Waals surface area (Å²) < 4.78 is 17.0. The number of nitrogens with zero attached hydrogens (tertiary/aromatic N) is 1. The van der Waals surface area contributed by atoms with Crippen molar-refractivity contribution >= 4 is 10.8 Å². The third-order valence-electron chi connectivity index (χ3n) is 3.89. The Balaban J connectivity index is 1.79. The molecule has 0 bridgehead atoms. The Morgan fingerprint density at radius 1 is 1.39 bits per heavy atom. The first-order valence-electron chi connectivity index (χ1n) is 7.18. The molecule has 1 N–H and O–H groups in total. The molecule has 0 saturated carbocycles. The van der Waals surface area contributed by atoms with Crippen molar-refractivity contribution in [3.05, 3.63) is 0 Å². The van der Waals surface area contributed by atoms with Gasteiger partial charge in [-0.05, 0) is 19.4 Å². The van der Waals surface area contributed by atoms with Crippen LogP contribution < -0.4 is 5.32 Å². The summed E-state index contributed by atoms with van der Waals surface area (Å²) in [6.07, 6.45) is 2.32. The molecule has 2 aliphatic rings. The molecule has 2 rings (SSSR count). The molecule has 2 heterocycles. The van der Waals surface area contributed by atoms with Gasteiger partial charge in [-0.25, -0.2) is 0 Å². The number of rotatable bonds is 5. The number of hydrogen-bond donors (Lipinski definition) is 1. The summed E-state index contributed by atoms with van der Waals surface area (Å²) in [5.74, 6) is 2.29. The molecule has 2 unspecified atom stereocenters. The van der Waals surface area contributed by atoms with Crippen LogP contribution in [-0.2, 0) is 15.5 Å². The molecule has 2 saturated heterocycles. The Morgan fingerprint density at radius 2 is 2.17 bits per heavy atom. The number of ether oxygens (including phenoxy) is 1. The fraction of sp³-hybridized carbons (Fsp3) is 1.00. The van der Waals surface area contributed by atoms with E-state index in [9.17, 15) is 4.21 Å². The minimum absolute atomic E-state index is 0.570. The van der Waals surface area contributed by atoms with Gasteiger partial charge in [0.2, 0.25) is 0 Å². The van der Waals surface area contributed by atoms with Gasteiger partial charge >= 0.3 is 0 Å². The normalized spacial score (nSPS) is 31.6. The third kappa shape index (κ3) is 4.30. The molecule has 4 nitrogen and oxygen atoms in total. The molecule has 18 heavy (non-hydrogen) atoms. The van der Waals surface area contributed by atoms with Crippen molar-refractivity contribution in [2.75, 3.05) is 50.9 Å². The SMILES string of the molecule is CCCNC1CCOCC1CN1CCS(=O)CC1. The highest BCUT2D eigenvalue weighted by Crippen LogP contribution is 2.17. The van der Waals surface area contributed by atoms with Crippen LogP contribution in [0.3, 0.4) is 0 Å². The van der Waals surface area contributed by atoms with Gasteiger partial charge in [-0.2, -0.15) is 0 Å². The summed E-state index contributed by atoms with van der Waals surface area (Å²) in [7, 11) is -0.570. The minimum Gasteiger partial charge on any atom is -0.381 e. The van der Waals surface area contributed by atoms with Crippen molar-refractivity contribution < 1.29 is 8.95 Å². The van der Waals surface area contributed by atoms with Crippen LogP contribution in [0.25, 0.3) is 0 Å². The molecule has 0 spiro atoms. The highest BCUT2D eigenvalue weighted by molar-refractivity contribution is 7.85. The minimum atomic E-state index is -0.570. The lowest BCUT2D eigenvalue weighted by atomic mass is 9.95. The van der Waals surface area contributed by atoms with Crippen molar-refractivity contribution in [1.82, 2.24) is 10.2 Å². The summed E-state index contributed by atoms with van der Waals surface area (Å²) in [4.78, 5) is 2.46. The lowest BCUT2D eigenvalue weighted by Crippen LogP contribution is -2.50. The zero-order valence-corrected chi connectivity index (χ0v) is 12.2. The quantitative estimate of drug-likeness (QED) is 0.791. The zero-order chi connectivity index (χ0) is 12.8. The zero-order valence-electron chi connectivity index (χ0n) is 11.4. The lowest BCUT2D eigenvalue weighted by molar-refractivity contribution is 0.0178. The van der Waals surface area contributed by atoms with Crippen LogP contribution in [0.4, 0.5) is 0 Å². The van der Waals surface area contributed by atoms with E-state index in [1.54, 1.807) is 0 Å². The first-order valence-corrected chi connectivity index (χ1v) is 8.67. The molecule has 2 atom stereocenters.